The van der Waals surface area contributed by atoms with Crippen LogP contribution in [0, 0.1) is 11.8 Å². The van der Waals surface area contributed by atoms with Gasteiger partial charge in [-0.1, -0.05) is 29.8 Å². The number of benzene rings is 2. The van der Waals surface area contributed by atoms with E-state index in [4.69, 9.17) is 16.3 Å². The minimum atomic E-state index is -4.08. The van der Waals surface area contributed by atoms with Gasteiger partial charge in [-0.2, -0.15) is 0 Å². The average Bonchev–Trinajstić information content (AvgIpc) is 3.08. The molecule has 6 rings (SSSR count). The summed E-state index contributed by atoms with van der Waals surface area (Å²) >= 11 is 6.38. The second-order valence-corrected chi connectivity index (χ2v) is 15.4. The van der Waals surface area contributed by atoms with Gasteiger partial charge in [0.15, 0.2) is 0 Å². The van der Waals surface area contributed by atoms with Crippen LogP contribution in [0.25, 0.3) is 0 Å². The summed E-state index contributed by atoms with van der Waals surface area (Å²) in [5, 5.41) is 20.9. The first-order valence-corrected chi connectivity index (χ1v) is 17.4. The Labute approximate surface area is 259 Å². The number of nitrogens with one attached hydrogen (secondary N) is 1. The third-order valence-corrected chi connectivity index (χ3v) is 11.9. The fourth-order valence-corrected chi connectivity index (χ4v) is 9.24. The van der Waals surface area contributed by atoms with Crippen LogP contribution in [-0.2, 0) is 21.9 Å². The molecule has 2 heterocycles. The molecular formula is C33H41ClN2O6S. The highest BCUT2D eigenvalue weighted by Gasteiger charge is 2.44. The van der Waals surface area contributed by atoms with Gasteiger partial charge in [0.05, 0.1) is 29.8 Å². The van der Waals surface area contributed by atoms with Crippen LogP contribution in [0.15, 0.2) is 48.6 Å². The topological polar surface area (TPSA) is 116 Å². The number of allylic oxidation sites excluding steroid dienone is 1. The van der Waals surface area contributed by atoms with Crippen molar-refractivity contribution in [2.75, 3.05) is 24.6 Å². The van der Waals surface area contributed by atoms with E-state index in [0.717, 1.165) is 42.8 Å². The van der Waals surface area contributed by atoms with Gasteiger partial charge in [-0.25, -0.2) is 13.1 Å². The first kappa shape index (κ1) is 30.4. The van der Waals surface area contributed by atoms with Crippen LogP contribution in [-0.4, -0.2) is 61.7 Å². The zero-order chi connectivity index (χ0) is 30.4. The van der Waals surface area contributed by atoms with Crippen LogP contribution in [0.3, 0.4) is 0 Å². The summed E-state index contributed by atoms with van der Waals surface area (Å²) in [5.74, 6) is 0.301. The van der Waals surface area contributed by atoms with Crippen LogP contribution in [0.5, 0.6) is 5.75 Å². The first-order chi connectivity index (χ1) is 20.5. The Kier molecular flexibility index (Phi) is 8.54. The molecule has 2 aliphatic carbocycles. The first-order valence-electron chi connectivity index (χ1n) is 15.4. The van der Waals surface area contributed by atoms with E-state index in [1.807, 2.05) is 12.1 Å². The van der Waals surface area contributed by atoms with Gasteiger partial charge in [-0.05, 0) is 112 Å². The number of sulfonamides is 1. The number of aryl methyl sites for hydroxylation is 1. The van der Waals surface area contributed by atoms with Crippen molar-refractivity contribution >= 4 is 33.2 Å². The van der Waals surface area contributed by atoms with Gasteiger partial charge in [0.2, 0.25) is 10.0 Å². The molecule has 8 nitrogen and oxygen atoms in total. The van der Waals surface area contributed by atoms with Gasteiger partial charge in [0.1, 0.15) is 5.75 Å². The number of aliphatic hydroxyl groups excluding tert-OH is 2. The molecule has 1 saturated carbocycles. The number of hydrogen-bond donors (Lipinski definition) is 3. The van der Waals surface area contributed by atoms with Crippen LogP contribution >= 0.6 is 11.6 Å². The molecule has 10 heteroatoms. The van der Waals surface area contributed by atoms with E-state index in [1.54, 1.807) is 31.2 Å². The number of nitrogens with zero attached hydrogens (tertiary/aromatic N) is 1. The lowest BCUT2D eigenvalue weighted by molar-refractivity contribution is 0.0456. The fraction of sp³-hybridized carbons (Fsp3) is 0.545. The van der Waals surface area contributed by atoms with Crippen LogP contribution < -0.4 is 14.4 Å². The van der Waals surface area contributed by atoms with Gasteiger partial charge in [0.25, 0.3) is 5.91 Å². The summed E-state index contributed by atoms with van der Waals surface area (Å²) in [5.41, 5.74) is 3.18. The van der Waals surface area contributed by atoms with E-state index in [2.05, 4.69) is 21.8 Å². The Balaban J connectivity index is 1.41. The molecule has 4 aliphatic rings. The number of halogens is 1. The molecule has 2 bridgehead atoms. The Morgan fingerprint density at radius 3 is 2.79 bits per heavy atom. The van der Waals surface area contributed by atoms with Gasteiger partial charge in [-0.15, -0.1) is 0 Å². The normalized spacial score (nSPS) is 31.8. The number of carbonyl (C=O) groups is 1. The number of ether oxygens (including phenoxy) is 1. The van der Waals surface area contributed by atoms with E-state index in [9.17, 15) is 23.4 Å². The standard InChI is InChI=1S/C33H41ClN2O6S/c1-21(37)15-26-6-2-3-7-30(38)27-11-8-24(27)18-36-19-33(14-4-5-22-16-25(34)10-12-28(22)33)20-42-31-13-9-23(17-29(31)36)32(39)35-43(26,40)41/h3,7,9-10,12-13,16-17,21,24,26-27,30,37-38H,2,4-6,8,11,14-15,18-20H2,1H3,(H,35,39)/b7-3-/t21-,24-,26+,27+,30-,33-/m0/s1. The van der Waals surface area contributed by atoms with Crippen molar-refractivity contribution in [1.29, 1.82) is 0 Å². The zero-order valence-corrected chi connectivity index (χ0v) is 26.1. The maximum atomic E-state index is 13.4. The number of aliphatic hydroxyl groups is 2. The maximum Gasteiger partial charge on any atom is 0.264 e. The molecular weight excluding hydrogens is 588 g/mol. The number of hydrogen-bond acceptors (Lipinski definition) is 7. The summed E-state index contributed by atoms with van der Waals surface area (Å²) < 4.78 is 35.5. The SMILES string of the molecule is C[C@H](O)C[C@H]1CC/C=C\[C@H](O)[C@@H]2CC[C@H]2CN2C[C@@]3(CCCc4cc(Cl)ccc43)COc3ccc(cc32)C(=O)NS1(=O)=O. The van der Waals surface area contributed by atoms with Crippen molar-refractivity contribution in [3.05, 3.63) is 70.3 Å². The number of carbonyl (C=O) groups excluding carboxylic acids is 1. The highest BCUT2D eigenvalue weighted by Crippen LogP contribution is 2.46. The maximum absolute atomic E-state index is 13.4. The van der Waals surface area contributed by atoms with E-state index < -0.39 is 33.4 Å². The molecule has 0 radical (unpaired) electrons. The highest BCUT2D eigenvalue weighted by molar-refractivity contribution is 7.90. The Bertz CT molecular complexity index is 1510. The highest BCUT2D eigenvalue weighted by atomic mass is 35.5. The summed E-state index contributed by atoms with van der Waals surface area (Å²) in [7, 11) is -4.08. The number of rotatable bonds is 2. The van der Waals surface area contributed by atoms with Crippen molar-refractivity contribution in [1.82, 2.24) is 4.72 Å². The van der Waals surface area contributed by atoms with Gasteiger partial charge in [0, 0.05) is 29.1 Å². The summed E-state index contributed by atoms with van der Waals surface area (Å²) in [4.78, 5) is 15.7. The molecule has 0 unspecified atom stereocenters. The van der Waals surface area contributed by atoms with E-state index in [1.165, 1.54) is 11.1 Å². The van der Waals surface area contributed by atoms with Crippen LogP contribution in [0.1, 0.15) is 73.4 Å². The Morgan fingerprint density at radius 1 is 1.19 bits per heavy atom. The Morgan fingerprint density at radius 2 is 2.02 bits per heavy atom. The largest absolute Gasteiger partial charge is 0.490 e. The fourth-order valence-electron chi connectivity index (χ4n) is 7.52. The molecule has 6 atom stereocenters. The van der Waals surface area contributed by atoms with Crippen molar-refractivity contribution in [3.63, 3.8) is 0 Å². The monoisotopic (exact) mass is 628 g/mol. The molecule has 1 spiro atoms. The molecule has 2 aromatic carbocycles. The molecule has 0 saturated heterocycles. The average molecular weight is 629 g/mol. The number of anilines is 1. The molecule has 43 heavy (non-hydrogen) atoms. The van der Waals surface area contributed by atoms with Gasteiger partial charge >= 0.3 is 0 Å². The van der Waals surface area contributed by atoms with Crippen LogP contribution in [0.4, 0.5) is 5.69 Å². The summed E-state index contributed by atoms with van der Waals surface area (Å²) in [6, 6.07) is 11.2. The lowest BCUT2D eigenvalue weighted by atomic mass is 9.68. The van der Waals surface area contributed by atoms with Crippen molar-refractivity contribution < 1.29 is 28.2 Å². The van der Waals surface area contributed by atoms with E-state index in [0.29, 0.717) is 31.9 Å². The van der Waals surface area contributed by atoms with Gasteiger partial charge < -0.3 is 19.8 Å². The van der Waals surface area contributed by atoms with Crippen molar-refractivity contribution in [3.8, 4) is 5.75 Å². The second-order valence-electron chi connectivity index (χ2n) is 13.0. The number of amides is 1. The lowest BCUT2D eigenvalue weighted by Gasteiger charge is -2.45. The minimum Gasteiger partial charge on any atom is -0.490 e. The van der Waals surface area contributed by atoms with E-state index in [-0.39, 0.29) is 35.7 Å². The molecule has 2 aliphatic heterocycles. The lowest BCUT2D eigenvalue weighted by Crippen LogP contribution is -2.49. The van der Waals surface area contributed by atoms with Crippen molar-refractivity contribution in [2.24, 2.45) is 11.8 Å². The molecule has 232 valence electrons. The molecule has 3 N–H and O–H groups in total. The molecule has 1 amide bonds. The van der Waals surface area contributed by atoms with Gasteiger partial charge in [-0.3, -0.25) is 4.79 Å². The summed E-state index contributed by atoms with van der Waals surface area (Å²) in [6.45, 7) is 3.38. The smallest absolute Gasteiger partial charge is 0.264 e. The minimum absolute atomic E-state index is 0.00425. The molecule has 1 fully saturated rings. The predicted molar refractivity (Wildman–Crippen MR) is 167 cm³/mol. The quantitative estimate of drug-likeness (QED) is 0.411. The predicted octanol–water partition coefficient (Wildman–Crippen LogP) is 4.75. The van der Waals surface area contributed by atoms with Crippen LogP contribution in [0.2, 0.25) is 5.02 Å². The number of fused-ring (bicyclic) bond motifs is 4. The van der Waals surface area contributed by atoms with Crippen molar-refractivity contribution in [2.45, 2.75) is 81.2 Å². The van der Waals surface area contributed by atoms with E-state index >= 15 is 0 Å². The molecule has 0 aromatic heterocycles. The third kappa shape index (κ3) is 6.19. The molecule has 2 aromatic rings. The summed E-state index contributed by atoms with van der Waals surface area (Å²) in [6.07, 6.45) is 7.62. The second kappa shape index (κ2) is 12.1. The Hall–Kier alpha value is -2.59. The third-order valence-electron chi connectivity index (χ3n) is 9.94. The zero-order valence-electron chi connectivity index (χ0n) is 24.5.